The summed E-state index contributed by atoms with van der Waals surface area (Å²) in [7, 11) is 6.48. The Morgan fingerprint density at radius 3 is 2.21 bits per heavy atom. The van der Waals surface area contributed by atoms with E-state index in [2.05, 4.69) is 0 Å². The lowest BCUT2D eigenvalue weighted by Gasteiger charge is -2.38. The van der Waals surface area contributed by atoms with Crippen LogP contribution in [0.1, 0.15) is 35.4 Å². The first-order valence-corrected chi connectivity index (χ1v) is 11.2. The standard InChI is InChI=1S/C26H25ClN2O5/c1-30-22-8-5-15(11-24(22)32-3)19-14-20-18-13-17(27)7-10-21(18)34-26(29(20)28-19)16-6-9-23(31-2)25(12-16)33-4/h5-13,20,26H,14H2,1-4H3/t20-,26+/m0/s1. The molecule has 34 heavy (non-hydrogen) atoms. The second-order valence-electron chi connectivity index (χ2n) is 7.98. The van der Waals surface area contributed by atoms with Crippen LogP contribution in [0.25, 0.3) is 0 Å². The van der Waals surface area contributed by atoms with Crippen LogP contribution in [0.3, 0.4) is 0 Å². The number of benzene rings is 3. The maximum absolute atomic E-state index is 6.44. The lowest BCUT2D eigenvalue weighted by atomic mass is 9.95. The van der Waals surface area contributed by atoms with E-state index in [1.54, 1.807) is 28.4 Å². The molecule has 0 aromatic heterocycles. The minimum absolute atomic E-state index is 0.0383. The van der Waals surface area contributed by atoms with Gasteiger partial charge < -0.3 is 23.7 Å². The van der Waals surface area contributed by atoms with Gasteiger partial charge in [0.25, 0.3) is 0 Å². The summed E-state index contributed by atoms with van der Waals surface area (Å²) in [4.78, 5) is 0. The Hall–Kier alpha value is -3.58. The quantitative estimate of drug-likeness (QED) is 0.456. The first-order valence-electron chi connectivity index (χ1n) is 10.8. The number of hydrazone groups is 1. The van der Waals surface area contributed by atoms with Crippen molar-refractivity contribution >= 4 is 17.3 Å². The van der Waals surface area contributed by atoms with Gasteiger partial charge in [-0.3, -0.25) is 0 Å². The molecule has 0 saturated heterocycles. The third-order valence-corrected chi connectivity index (χ3v) is 6.40. The fourth-order valence-electron chi connectivity index (χ4n) is 4.47. The summed E-state index contributed by atoms with van der Waals surface area (Å²) in [6, 6.07) is 17.3. The van der Waals surface area contributed by atoms with Crippen molar-refractivity contribution in [2.75, 3.05) is 28.4 Å². The van der Waals surface area contributed by atoms with Gasteiger partial charge in [0.05, 0.1) is 40.2 Å². The van der Waals surface area contributed by atoms with E-state index < -0.39 is 6.23 Å². The van der Waals surface area contributed by atoms with E-state index in [0.717, 1.165) is 28.2 Å². The molecule has 0 bridgehead atoms. The van der Waals surface area contributed by atoms with Crippen LogP contribution >= 0.6 is 11.6 Å². The zero-order valence-corrected chi connectivity index (χ0v) is 20.1. The maximum atomic E-state index is 6.44. The Morgan fingerprint density at radius 2 is 1.50 bits per heavy atom. The van der Waals surface area contributed by atoms with Crippen molar-refractivity contribution in [2.24, 2.45) is 5.10 Å². The predicted octanol–water partition coefficient (Wildman–Crippen LogP) is 5.62. The van der Waals surface area contributed by atoms with E-state index in [-0.39, 0.29) is 6.04 Å². The van der Waals surface area contributed by atoms with Gasteiger partial charge in [-0.25, -0.2) is 5.01 Å². The molecule has 2 aliphatic rings. The van der Waals surface area contributed by atoms with E-state index in [0.29, 0.717) is 34.4 Å². The maximum Gasteiger partial charge on any atom is 0.214 e. The monoisotopic (exact) mass is 480 g/mol. The van der Waals surface area contributed by atoms with Crippen LogP contribution in [0, 0.1) is 0 Å². The zero-order valence-electron chi connectivity index (χ0n) is 19.4. The van der Waals surface area contributed by atoms with Crippen LogP contribution in [-0.4, -0.2) is 39.2 Å². The van der Waals surface area contributed by atoms with Gasteiger partial charge in [0.15, 0.2) is 23.0 Å². The highest BCUT2D eigenvalue weighted by Gasteiger charge is 2.41. The molecule has 0 aliphatic carbocycles. The second kappa shape index (κ2) is 8.99. The third-order valence-electron chi connectivity index (χ3n) is 6.16. The first kappa shape index (κ1) is 22.2. The Labute approximate surface area is 203 Å². The van der Waals surface area contributed by atoms with Crippen molar-refractivity contribution in [2.45, 2.75) is 18.7 Å². The van der Waals surface area contributed by atoms with Gasteiger partial charge >= 0.3 is 0 Å². The number of hydrogen-bond donors (Lipinski definition) is 0. The largest absolute Gasteiger partial charge is 0.493 e. The zero-order chi connectivity index (χ0) is 23.8. The molecule has 2 atom stereocenters. The van der Waals surface area contributed by atoms with E-state index in [4.69, 9.17) is 40.4 Å². The number of nitrogens with zero attached hydrogens (tertiary/aromatic N) is 2. The van der Waals surface area contributed by atoms with Crippen LogP contribution in [0.15, 0.2) is 59.7 Å². The van der Waals surface area contributed by atoms with Gasteiger partial charge in [0.1, 0.15) is 5.75 Å². The first-order chi connectivity index (χ1) is 16.6. The van der Waals surface area contributed by atoms with E-state index in [1.165, 1.54) is 0 Å². The van der Waals surface area contributed by atoms with Crippen molar-refractivity contribution in [3.05, 3.63) is 76.3 Å². The van der Waals surface area contributed by atoms with Gasteiger partial charge in [0, 0.05) is 28.1 Å². The highest BCUT2D eigenvalue weighted by atomic mass is 35.5. The highest BCUT2D eigenvalue weighted by molar-refractivity contribution is 6.30. The summed E-state index contributed by atoms with van der Waals surface area (Å²) in [5, 5.41) is 7.66. The van der Waals surface area contributed by atoms with Gasteiger partial charge in [0.2, 0.25) is 6.23 Å². The minimum Gasteiger partial charge on any atom is -0.493 e. The molecule has 0 amide bonds. The number of methoxy groups -OCH3 is 4. The molecule has 7 nitrogen and oxygen atoms in total. The number of fused-ring (bicyclic) bond motifs is 3. The van der Waals surface area contributed by atoms with Crippen LogP contribution < -0.4 is 23.7 Å². The fraction of sp³-hybridized carbons (Fsp3) is 0.269. The number of halogens is 1. The minimum atomic E-state index is -0.448. The molecule has 0 saturated carbocycles. The van der Waals surface area contributed by atoms with Crippen LogP contribution in [-0.2, 0) is 0 Å². The normalized spacial score (nSPS) is 18.4. The molecule has 2 heterocycles. The Balaban J connectivity index is 1.59. The highest BCUT2D eigenvalue weighted by Crippen LogP contribution is 2.49. The van der Waals surface area contributed by atoms with E-state index >= 15 is 0 Å². The molecule has 0 fully saturated rings. The second-order valence-corrected chi connectivity index (χ2v) is 8.42. The average molecular weight is 481 g/mol. The fourth-order valence-corrected chi connectivity index (χ4v) is 4.66. The lowest BCUT2D eigenvalue weighted by Crippen LogP contribution is -2.33. The topological polar surface area (TPSA) is 61.8 Å². The Kier molecular flexibility index (Phi) is 5.87. The molecular formula is C26H25ClN2O5. The number of ether oxygens (including phenoxy) is 5. The van der Waals surface area contributed by atoms with Gasteiger partial charge in [-0.15, -0.1) is 0 Å². The molecule has 3 aromatic carbocycles. The molecule has 0 radical (unpaired) electrons. The van der Waals surface area contributed by atoms with Gasteiger partial charge in [-0.05, 0) is 54.6 Å². The van der Waals surface area contributed by atoms with Crippen molar-refractivity contribution in [3.63, 3.8) is 0 Å². The molecule has 3 aromatic rings. The molecule has 176 valence electrons. The summed E-state index contributed by atoms with van der Waals surface area (Å²) >= 11 is 6.35. The predicted molar refractivity (Wildman–Crippen MR) is 130 cm³/mol. The third kappa shape index (κ3) is 3.76. The Bertz CT molecular complexity index is 1260. The summed E-state index contributed by atoms with van der Waals surface area (Å²) in [5.74, 6) is 3.40. The SMILES string of the molecule is COc1ccc(C2=NN3[C@@H](c4ccc(OC)c(OC)c4)Oc4ccc(Cl)cc4[C@@H]3C2)cc1OC. The van der Waals surface area contributed by atoms with Gasteiger partial charge in [-0.1, -0.05) is 11.6 Å². The summed E-state index contributed by atoms with van der Waals surface area (Å²) < 4.78 is 28.3. The smallest absolute Gasteiger partial charge is 0.214 e. The van der Waals surface area contributed by atoms with Crippen molar-refractivity contribution in [1.29, 1.82) is 0 Å². The summed E-state index contributed by atoms with van der Waals surface area (Å²) in [5.41, 5.74) is 3.79. The molecule has 8 heteroatoms. The van der Waals surface area contributed by atoms with E-state index in [9.17, 15) is 0 Å². The van der Waals surface area contributed by atoms with Crippen LogP contribution in [0.4, 0.5) is 0 Å². The number of hydrogen-bond acceptors (Lipinski definition) is 7. The summed E-state index contributed by atoms with van der Waals surface area (Å²) in [6.07, 6.45) is 0.242. The number of rotatable bonds is 6. The molecular weight excluding hydrogens is 456 g/mol. The van der Waals surface area contributed by atoms with Crippen LogP contribution in [0.2, 0.25) is 5.02 Å². The summed E-state index contributed by atoms with van der Waals surface area (Å²) in [6.45, 7) is 0. The van der Waals surface area contributed by atoms with Crippen molar-refractivity contribution < 1.29 is 23.7 Å². The lowest BCUT2D eigenvalue weighted by molar-refractivity contribution is -0.0191. The Morgan fingerprint density at radius 1 is 0.824 bits per heavy atom. The molecule has 0 spiro atoms. The molecule has 0 unspecified atom stereocenters. The molecule has 2 aliphatic heterocycles. The average Bonchev–Trinajstić information content (AvgIpc) is 3.33. The van der Waals surface area contributed by atoms with E-state index in [1.807, 2.05) is 59.6 Å². The van der Waals surface area contributed by atoms with Gasteiger partial charge in [-0.2, -0.15) is 5.10 Å². The van der Waals surface area contributed by atoms with Crippen molar-refractivity contribution in [3.8, 4) is 28.7 Å². The molecule has 0 N–H and O–H groups in total. The molecule has 5 rings (SSSR count). The van der Waals surface area contributed by atoms with Crippen LogP contribution in [0.5, 0.6) is 28.7 Å². The van der Waals surface area contributed by atoms with Crippen molar-refractivity contribution in [1.82, 2.24) is 5.01 Å².